The van der Waals surface area contributed by atoms with E-state index in [0.29, 0.717) is 37.3 Å². The highest BCUT2D eigenvalue weighted by molar-refractivity contribution is 6.31. The number of rotatable bonds is 3. The minimum atomic E-state index is -1.33. The minimum Gasteiger partial charge on any atom is -0.436 e. The lowest BCUT2D eigenvalue weighted by Crippen LogP contribution is -2.53. The van der Waals surface area contributed by atoms with Gasteiger partial charge < -0.3 is 9.64 Å². The van der Waals surface area contributed by atoms with Crippen LogP contribution < -0.4 is 5.32 Å². The van der Waals surface area contributed by atoms with E-state index in [2.05, 4.69) is 20.5 Å². The molecule has 1 spiro atoms. The molecule has 0 aliphatic carbocycles. The number of nitrogens with zero attached hydrogens (tertiary/aromatic N) is 3. The molecule has 2 amide bonds. The number of halogens is 2. The van der Waals surface area contributed by atoms with Crippen molar-refractivity contribution >= 4 is 29.3 Å². The Morgan fingerprint density at radius 2 is 2.18 bits per heavy atom. The molecule has 10 heteroatoms. The smallest absolute Gasteiger partial charge is 0.412 e. The number of carbonyl (C=O) groups excluding carboxylic acids is 2. The Bertz CT molecular complexity index is 1260. The fourth-order valence-corrected chi connectivity index (χ4v) is 4.73. The first-order valence-corrected chi connectivity index (χ1v) is 11.0. The first kappa shape index (κ1) is 21.4. The molecule has 0 radical (unpaired) electrons. The van der Waals surface area contributed by atoms with Gasteiger partial charge in [-0.2, -0.15) is 0 Å². The number of anilines is 1. The standard InChI is InChI=1S/C23H21ClFN5O3/c1-13-4-2-5-14(10-13)11-17-27-20(29-28-17)21(31)30-9-3-8-23(12-30)18-16(26-22(32)33-23)7-6-15(24)19(18)25/h2,4-7,10H,3,8-9,11-12H2,1H3,(H,26,32)(H,27,28,29)/t23-/m0/s1. The third-order valence-electron chi connectivity index (χ3n) is 5.99. The van der Waals surface area contributed by atoms with Crippen LogP contribution in [-0.4, -0.2) is 45.2 Å². The fraction of sp³-hybridized carbons (Fsp3) is 0.304. The maximum Gasteiger partial charge on any atom is 0.412 e. The van der Waals surface area contributed by atoms with Crippen molar-refractivity contribution < 1.29 is 18.7 Å². The van der Waals surface area contributed by atoms with Crippen molar-refractivity contribution in [1.82, 2.24) is 20.1 Å². The van der Waals surface area contributed by atoms with Gasteiger partial charge in [0.15, 0.2) is 11.4 Å². The summed E-state index contributed by atoms with van der Waals surface area (Å²) in [6.07, 6.45) is 0.676. The largest absolute Gasteiger partial charge is 0.436 e. The quantitative estimate of drug-likeness (QED) is 0.599. The molecule has 0 bridgehead atoms. The molecule has 5 rings (SSSR count). The molecule has 1 aromatic heterocycles. The molecule has 2 N–H and O–H groups in total. The van der Waals surface area contributed by atoms with Crippen molar-refractivity contribution in [3.63, 3.8) is 0 Å². The van der Waals surface area contributed by atoms with Gasteiger partial charge in [-0.1, -0.05) is 41.4 Å². The number of carbonyl (C=O) groups is 2. The third kappa shape index (κ3) is 3.93. The maximum absolute atomic E-state index is 15.0. The number of likely N-dealkylation sites (tertiary alicyclic amines) is 1. The summed E-state index contributed by atoms with van der Waals surface area (Å²) in [6, 6.07) is 10.9. The molecule has 2 aliphatic heterocycles. The molecule has 33 heavy (non-hydrogen) atoms. The van der Waals surface area contributed by atoms with Crippen LogP contribution >= 0.6 is 11.6 Å². The van der Waals surface area contributed by atoms with Crippen LogP contribution in [0.4, 0.5) is 14.9 Å². The van der Waals surface area contributed by atoms with Gasteiger partial charge >= 0.3 is 6.09 Å². The van der Waals surface area contributed by atoms with Gasteiger partial charge in [0.05, 0.1) is 22.8 Å². The van der Waals surface area contributed by atoms with Gasteiger partial charge in [-0.3, -0.25) is 15.2 Å². The van der Waals surface area contributed by atoms with E-state index in [1.54, 1.807) is 0 Å². The molecule has 1 fully saturated rings. The van der Waals surface area contributed by atoms with Gasteiger partial charge in [-0.15, -0.1) is 5.10 Å². The number of amides is 2. The Hall–Kier alpha value is -3.46. The molecule has 2 aromatic carbocycles. The van der Waals surface area contributed by atoms with E-state index >= 15 is 4.39 Å². The second kappa shape index (κ2) is 8.15. The number of aryl methyl sites for hydroxylation is 1. The van der Waals surface area contributed by atoms with E-state index in [9.17, 15) is 9.59 Å². The summed E-state index contributed by atoms with van der Waals surface area (Å²) in [5.41, 5.74) is 1.29. The van der Waals surface area contributed by atoms with Crippen molar-refractivity contribution in [2.24, 2.45) is 0 Å². The van der Waals surface area contributed by atoms with E-state index in [0.717, 1.165) is 11.1 Å². The number of ether oxygens (including phenoxy) is 1. The van der Waals surface area contributed by atoms with Gasteiger partial charge in [0.25, 0.3) is 5.91 Å². The summed E-state index contributed by atoms with van der Waals surface area (Å²) < 4.78 is 20.6. The highest BCUT2D eigenvalue weighted by Crippen LogP contribution is 2.45. The Morgan fingerprint density at radius 3 is 3.00 bits per heavy atom. The molecule has 1 atom stereocenters. The second-order valence-electron chi connectivity index (χ2n) is 8.39. The molecule has 170 valence electrons. The molecule has 8 nitrogen and oxygen atoms in total. The second-order valence-corrected chi connectivity index (χ2v) is 8.80. The minimum absolute atomic E-state index is 0.0155. The normalized spacial score (nSPS) is 19.7. The van der Waals surface area contributed by atoms with Crippen LogP contribution in [0.3, 0.4) is 0 Å². The molecule has 3 heterocycles. The Morgan fingerprint density at radius 1 is 1.33 bits per heavy atom. The zero-order valence-electron chi connectivity index (χ0n) is 17.8. The van der Waals surface area contributed by atoms with Crippen molar-refractivity contribution in [1.29, 1.82) is 0 Å². The number of nitrogens with one attached hydrogen (secondary N) is 2. The predicted octanol–water partition coefficient (Wildman–Crippen LogP) is 4.19. The van der Waals surface area contributed by atoms with E-state index in [-0.39, 0.29) is 23.0 Å². The average molecular weight is 470 g/mol. The van der Waals surface area contributed by atoms with Crippen LogP contribution in [0.5, 0.6) is 0 Å². The third-order valence-corrected chi connectivity index (χ3v) is 6.29. The predicted molar refractivity (Wildman–Crippen MR) is 119 cm³/mol. The highest BCUT2D eigenvalue weighted by atomic mass is 35.5. The van der Waals surface area contributed by atoms with Crippen molar-refractivity contribution in [2.75, 3.05) is 18.4 Å². The van der Waals surface area contributed by atoms with Gasteiger partial charge in [0.1, 0.15) is 5.82 Å². The Kier molecular flexibility index (Phi) is 5.28. The molecule has 0 unspecified atom stereocenters. The Labute approximate surface area is 194 Å². The first-order chi connectivity index (χ1) is 15.8. The summed E-state index contributed by atoms with van der Waals surface area (Å²) in [7, 11) is 0. The first-order valence-electron chi connectivity index (χ1n) is 10.6. The zero-order chi connectivity index (χ0) is 23.2. The molecular weight excluding hydrogens is 449 g/mol. The van der Waals surface area contributed by atoms with Crippen LogP contribution in [0.15, 0.2) is 36.4 Å². The van der Waals surface area contributed by atoms with Crippen molar-refractivity contribution in [3.05, 3.63) is 75.6 Å². The highest BCUT2D eigenvalue weighted by Gasteiger charge is 2.49. The lowest BCUT2D eigenvalue weighted by Gasteiger charge is -2.44. The summed E-state index contributed by atoms with van der Waals surface area (Å²) in [5.74, 6) is -0.505. The fourth-order valence-electron chi connectivity index (χ4n) is 4.57. The van der Waals surface area contributed by atoms with Crippen LogP contribution in [0.25, 0.3) is 0 Å². The van der Waals surface area contributed by atoms with Gasteiger partial charge in [0.2, 0.25) is 5.82 Å². The van der Waals surface area contributed by atoms with Gasteiger partial charge in [0, 0.05) is 13.0 Å². The Balaban J connectivity index is 1.40. The van der Waals surface area contributed by atoms with E-state index in [1.165, 1.54) is 17.0 Å². The molecule has 2 aliphatic rings. The number of hydrogen-bond donors (Lipinski definition) is 2. The van der Waals surface area contributed by atoms with Crippen molar-refractivity contribution in [3.8, 4) is 0 Å². The molecular formula is C23H21ClFN5O3. The van der Waals surface area contributed by atoms with Gasteiger partial charge in [-0.05, 0) is 37.5 Å². The average Bonchev–Trinajstić information content (AvgIpc) is 3.24. The lowest BCUT2D eigenvalue weighted by atomic mass is 9.83. The zero-order valence-corrected chi connectivity index (χ0v) is 18.6. The number of aromatic amines is 1. The number of fused-ring (bicyclic) bond motifs is 2. The monoisotopic (exact) mass is 469 g/mol. The summed E-state index contributed by atoms with van der Waals surface area (Å²) in [5, 5.41) is 9.35. The number of piperidine rings is 1. The van der Waals surface area contributed by atoms with E-state index < -0.39 is 23.4 Å². The van der Waals surface area contributed by atoms with Crippen LogP contribution in [0.1, 0.15) is 46.0 Å². The number of aromatic nitrogens is 3. The SMILES string of the molecule is Cc1cccc(Cc2nc(C(=O)N3CCC[C@@]4(C3)OC(=O)Nc3ccc(Cl)c(F)c34)n[nH]2)c1. The number of H-pyrrole nitrogens is 1. The molecule has 0 saturated carbocycles. The summed E-state index contributed by atoms with van der Waals surface area (Å²) in [4.78, 5) is 31.3. The van der Waals surface area contributed by atoms with E-state index in [1.807, 2.05) is 31.2 Å². The van der Waals surface area contributed by atoms with Crippen LogP contribution in [0.2, 0.25) is 5.02 Å². The maximum atomic E-state index is 15.0. The summed E-state index contributed by atoms with van der Waals surface area (Å²) in [6.45, 7) is 2.39. The van der Waals surface area contributed by atoms with Crippen LogP contribution in [-0.2, 0) is 16.8 Å². The van der Waals surface area contributed by atoms with Crippen LogP contribution in [0, 0.1) is 12.7 Å². The molecule has 1 saturated heterocycles. The van der Waals surface area contributed by atoms with Gasteiger partial charge in [-0.25, -0.2) is 14.2 Å². The lowest BCUT2D eigenvalue weighted by molar-refractivity contribution is -0.0420. The topological polar surface area (TPSA) is 100 Å². The van der Waals surface area contributed by atoms with E-state index in [4.69, 9.17) is 16.3 Å². The summed E-state index contributed by atoms with van der Waals surface area (Å²) >= 11 is 6.01. The molecule has 3 aromatic rings. The number of benzene rings is 2. The number of hydrogen-bond acceptors (Lipinski definition) is 5. The van der Waals surface area contributed by atoms with Crippen molar-refractivity contribution in [2.45, 2.75) is 31.8 Å².